The van der Waals surface area contributed by atoms with E-state index in [0.717, 1.165) is 11.1 Å². The number of rotatable bonds is 1. The Morgan fingerprint density at radius 2 is 1.61 bits per heavy atom. The van der Waals surface area contributed by atoms with Gasteiger partial charge in [0.15, 0.2) is 0 Å². The second-order valence-corrected chi connectivity index (χ2v) is 7.03. The summed E-state index contributed by atoms with van der Waals surface area (Å²) >= 11 is 0. The first kappa shape index (κ1) is 17.3. The Kier molecular flexibility index (Phi) is 4.97. The van der Waals surface area contributed by atoms with Crippen LogP contribution in [-0.4, -0.2) is 55.1 Å². The Morgan fingerprint density at radius 3 is 2.09 bits per heavy atom. The molecular weight excluding hydrogens is 292 g/mol. The van der Waals surface area contributed by atoms with E-state index >= 15 is 0 Å². The smallest absolute Gasteiger partial charge is 0.409 e. The van der Waals surface area contributed by atoms with Gasteiger partial charge in [-0.2, -0.15) is 0 Å². The highest BCUT2D eigenvalue weighted by Gasteiger charge is 2.26. The standard InChI is InChI=1S/C18H26N2O3/c1-13-12-14(18(2,3)4)6-7-15(13)16(21)19-8-10-20(11-9-19)17(22)23-5/h6-7,12H,8-11H2,1-5H3. The minimum atomic E-state index is -0.331. The summed E-state index contributed by atoms with van der Waals surface area (Å²) in [4.78, 5) is 27.6. The number of methoxy groups -OCH3 is 1. The summed E-state index contributed by atoms with van der Waals surface area (Å²) in [7, 11) is 1.37. The Labute approximate surface area is 138 Å². The quantitative estimate of drug-likeness (QED) is 0.800. The van der Waals surface area contributed by atoms with E-state index in [1.165, 1.54) is 12.7 Å². The van der Waals surface area contributed by atoms with Crippen LogP contribution in [0.25, 0.3) is 0 Å². The van der Waals surface area contributed by atoms with Crippen LogP contribution in [-0.2, 0) is 10.2 Å². The van der Waals surface area contributed by atoms with Gasteiger partial charge in [0.2, 0.25) is 0 Å². The molecule has 0 unspecified atom stereocenters. The number of hydrogen-bond acceptors (Lipinski definition) is 3. The van der Waals surface area contributed by atoms with E-state index in [2.05, 4.69) is 26.8 Å². The molecule has 1 aliphatic heterocycles. The zero-order chi connectivity index (χ0) is 17.2. The molecule has 1 aromatic carbocycles. The van der Waals surface area contributed by atoms with Crippen molar-refractivity contribution < 1.29 is 14.3 Å². The molecule has 1 aromatic rings. The van der Waals surface area contributed by atoms with Crippen molar-refractivity contribution in [3.8, 4) is 0 Å². The van der Waals surface area contributed by atoms with Crippen LogP contribution in [0.15, 0.2) is 18.2 Å². The Morgan fingerprint density at radius 1 is 1.04 bits per heavy atom. The molecule has 0 aliphatic carbocycles. The fourth-order valence-electron chi connectivity index (χ4n) is 2.76. The molecule has 0 radical (unpaired) electrons. The van der Waals surface area contributed by atoms with Gasteiger partial charge in [0, 0.05) is 31.7 Å². The first-order chi connectivity index (χ1) is 10.7. The molecule has 2 amide bonds. The Bertz CT molecular complexity index is 597. The second kappa shape index (κ2) is 6.60. The number of hydrogen-bond donors (Lipinski definition) is 0. The van der Waals surface area contributed by atoms with E-state index < -0.39 is 0 Å². The fraction of sp³-hybridized carbons (Fsp3) is 0.556. The van der Waals surface area contributed by atoms with Gasteiger partial charge < -0.3 is 14.5 Å². The summed E-state index contributed by atoms with van der Waals surface area (Å²) in [6.07, 6.45) is -0.331. The molecule has 5 nitrogen and oxygen atoms in total. The molecule has 1 aliphatic rings. The molecule has 0 bridgehead atoms. The largest absolute Gasteiger partial charge is 0.453 e. The highest BCUT2D eigenvalue weighted by atomic mass is 16.5. The molecule has 0 saturated carbocycles. The van der Waals surface area contributed by atoms with Crippen molar-refractivity contribution in [2.24, 2.45) is 0 Å². The second-order valence-electron chi connectivity index (χ2n) is 7.03. The van der Waals surface area contributed by atoms with Crippen LogP contribution in [0.4, 0.5) is 4.79 Å². The maximum absolute atomic E-state index is 12.7. The number of amides is 2. The summed E-state index contributed by atoms with van der Waals surface area (Å²) in [6, 6.07) is 6.05. The maximum Gasteiger partial charge on any atom is 0.409 e. The number of nitrogens with zero attached hydrogens (tertiary/aromatic N) is 2. The first-order valence-electron chi connectivity index (χ1n) is 7.97. The number of carbonyl (C=O) groups excluding carboxylic acids is 2. The summed E-state index contributed by atoms with van der Waals surface area (Å²) < 4.78 is 4.72. The van der Waals surface area contributed by atoms with Crippen LogP contribution in [0, 0.1) is 6.92 Å². The molecular formula is C18H26N2O3. The molecule has 2 rings (SSSR count). The molecule has 5 heteroatoms. The molecule has 23 heavy (non-hydrogen) atoms. The van der Waals surface area contributed by atoms with Gasteiger partial charge in [-0.1, -0.05) is 32.9 Å². The number of benzene rings is 1. The van der Waals surface area contributed by atoms with Crippen LogP contribution in [0.1, 0.15) is 42.3 Å². The summed E-state index contributed by atoms with van der Waals surface area (Å²) in [5.41, 5.74) is 3.03. The molecule has 1 saturated heterocycles. The molecule has 0 spiro atoms. The lowest BCUT2D eigenvalue weighted by atomic mass is 9.85. The average Bonchev–Trinajstić information content (AvgIpc) is 2.52. The zero-order valence-corrected chi connectivity index (χ0v) is 14.7. The Hall–Kier alpha value is -2.04. The van der Waals surface area contributed by atoms with Gasteiger partial charge in [-0.3, -0.25) is 4.79 Å². The lowest BCUT2D eigenvalue weighted by molar-refractivity contribution is 0.0599. The zero-order valence-electron chi connectivity index (χ0n) is 14.7. The molecule has 126 valence electrons. The van der Waals surface area contributed by atoms with Gasteiger partial charge in [0.1, 0.15) is 0 Å². The number of aryl methyl sites for hydroxylation is 1. The van der Waals surface area contributed by atoms with Crippen molar-refractivity contribution in [2.75, 3.05) is 33.3 Å². The fourth-order valence-corrected chi connectivity index (χ4v) is 2.76. The maximum atomic E-state index is 12.7. The topological polar surface area (TPSA) is 49.9 Å². The van der Waals surface area contributed by atoms with Gasteiger partial charge in [-0.05, 0) is 29.5 Å². The predicted molar refractivity (Wildman–Crippen MR) is 89.8 cm³/mol. The van der Waals surface area contributed by atoms with Crippen molar-refractivity contribution in [1.29, 1.82) is 0 Å². The highest BCUT2D eigenvalue weighted by molar-refractivity contribution is 5.95. The first-order valence-corrected chi connectivity index (χ1v) is 7.97. The third-order valence-corrected chi connectivity index (χ3v) is 4.32. The molecule has 1 fully saturated rings. The Balaban J connectivity index is 2.09. The molecule has 0 atom stereocenters. The predicted octanol–water partition coefficient (Wildman–Crippen LogP) is 2.82. The molecule has 0 aromatic heterocycles. The van der Waals surface area contributed by atoms with E-state index in [0.29, 0.717) is 26.2 Å². The average molecular weight is 318 g/mol. The monoisotopic (exact) mass is 318 g/mol. The van der Waals surface area contributed by atoms with Gasteiger partial charge in [-0.15, -0.1) is 0 Å². The van der Waals surface area contributed by atoms with Crippen LogP contribution >= 0.6 is 0 Å². The third-order valence-electron chi connectivity index (χ3n) is 4.32. The van der Waals surface area contributed by atoms with E-state index in [1.807, 2.05) is 19.1 Å². The van der Waals surface area contributed by atoms with Crippen molar-refractivity contribution in [3.05, 3.63) is 34.9 Å². The van der Waals surface area contributed by atoms with E-state index in [-0.39, 0.29) is 17.4 Å². The van der Waals surface area contributed by atoms with Crippen molar-refractivity contribution in [1.82, 2.24) is 9.80 Å². The van der Waals surface area contributed by atoms with Gasteiger partial charge in [0.05, 0.1) is 7.11 Å². The van der Waals surface area contributed by atoms with Crippen LogP contribution in [0.3, 0.4) is 0 Å². The number of ether oxygens (including phenoxy) is 1. The van der Waals surface area contributed by atoms with Crippen molar-refractivity contribution in [2.45, 2.75) is 33.1 Å². The summed E-state index contributed by atoms with van der Waals surface area (Å²) in [6.45, 7) is 10.6. The highest BCUT2D eigenvalue weighted by Crippen LogP contribution is 2.25. The lowest BCUT2D eigenvalue weighted by Gasteiger charge is -2.34. The lowest BCUT2D eigenvalue weighted by Crippen LogP contribution is -2.50. The van der Waals surface area contributed by atoms with Gasteiger partial charge >= 0.3 is 6.09 Å². The van der Waals surface area contributed by atoms with Crippen LogP contribution in [0.2, 0.25) is 0 Å². The minimum Gasteiger partial charge on any atom is -0.453 e. The van der Waals surface area contributed by atoms with E-state index in [4.69, 9.17) is 4.74 Å². The summed E-state index contributed by atoms with van der Waals surface area (Å²) in [5, 5.41) is 0. The van der Waals surface area contributed by atoms with Gasteiger partial charge in [0.25, 0.3) is 5.91 Å². The molecule has 0 N–H and O–H groups in total. The normalized spacial score (nSPS) is 15.5. The van der Waals surface area contributed by atoms with Crippen LogP contribution < -0.4 is 0 Å². The summed E-state index contributed by atoms with van der Waals surface area (Å²) in [5.74, 6) is 0.0347. The van der Waals surface area contributed by atoms with Crippen molar-refractivity contribution in [3.63, 3.8) is 0 Å². The van der Waals surface area contributed by atoms with E-state index in [9.17, 15) is 9.59 Å². The van der Waals surface area contributed by atoms with E-state index in [1.54, 1.807) is 9.80 Å². The van der Waals surface area contributed by atoms with Crippen molar-refractivity contribution >= 4 is 12.0 Å². The SMILES string of the molecule is COC(=O)N1CCN(C(=O)c2ccc(C(C)(C)C)cc2C)CC1. The number of carbonyl (C=O) groups is 2. The van der Waals surface area contributed by atoms with Crippen LogP contribution in [0.5, 0.6) is 0 Å². The third kappa shape index (κ3) is 3.84. The number of piperazine rings is 1. The van der Waals surface area contributed by atoms with Gasteiger partial charge in [-0.25, -0.2) is 4.79 Å². The minimum absolute atomic E-state index is 0.0347. The molecule has 1 heterocycles.